The molecule has 3 nitrogen and oxygen atoms in total. The van der Waals surface area contributed by atoms with E-state index >= 15 is 0 Å². The van der Waals surface area contributed by atoms with Crippen molar-refractivity contribution in [3.8, 4) is 56.4 Å². The number of hydrogen-bond donors (Lipinski definition) is 0. The normalized spacial score (nSPS) is 11.2. The van der Waals surface area contributed by atoms with E-state index in [1.165, 1.54) is 32.8 Å². The Morgan fingerprint density at radius 3 is 1.30 bits per heavy atom. The zero-order chi connectivity index (χ0) is 29.2. The fourth-order valence-electron chi connectivity index (χ4n) is 5.49. The quantitative estimate of drug-likeness (QED) is 0.187. The highest BCUT2D eigenvalue weighted by molar-refractivity contribution is 7.64. The van der Waals surface area contributed by atoms with Crippen molar-refractivity contribution in [3.05, 3.63) is 146 Å². The van der Waals surface area contributed by atoms with Crippen LogP contribution in [0.1, 0.15) is 0 Å². The SMILES string of the molecule is CP(C)c1cccc(-c2ccc(-c3ccc(-c4nc(-c5ccccc5)nc(-c5ccccc5)n4)cc3)c3ccccc23)c1. The molecule has 0 atom stereocenters. The van der Waals surface area contributed by atoms with Crippen molar-refractivity contribution in [2.75, 3.05) is 13.3 Å². The molecule has 7 aromatic rings. The molecule has 0 bridgehead atoms. The molecule has 0 aliphatic rings. The van der Waals surface area contributed by atoms with Crippen molar-refractivity contribution >= 4 is 24.0 Å². The zero-order valence-corrected chi connectivity index (χ0v) is 25.0. The highest BCUT2D eigenvalue weighted by Gasteiger charge is 2.14. The lowest BCUT2D eigenvalue weighted by Crippen LogP contribution is -2.00. The molecule has 6 aromatic carbocycles. The second-order valence-corrected chi connectivity index (χ2v) is 13.1. The minimum absolute atomic E-state index is 0.155. The summed E-state index contributed by atoms with van der Waals surface area (Å²) < 4.78 is 0. The van der Waals surface area contributed by atoms with Gasteiger partial charge in [0.2, 0.25) is 0 Å². The van der Waals surface area contributed by atoms with Crippen LogP contribution < -0.4 is 5.30 Å². The van der Waals surface area contributed by atoms with Crippen LogP contribution in [0.3, 0.4) is 0 Å². The van der Waals surface area contributed by atoms with Gasteiger partial charge in [0.05, 0.1) is 0 Å². The molecule has 0 saturated heterocycles. The molecule has 0 aliphatic heterocycles. The molecule has 0 N–H and O–H groups in total. The van der Waals surface area contributed by atoms with Crippen molar-refractivity contribution in [2.24, 2.45) is 0 Å². The Balaban J connectivity index is 1.29. The van der Waals surface area contributed by atoms with E-state index in [1.54, 1.807) is 0 Å². The summed E-state index contributed by atoms with van der Waals surface area (Å²) in [4.78, 5) is 14.6. The van der Waals surface area contributed by atoms with E-state index in [1.807, 2.05) is 60.7 Å². The number of nitrogens with zero attached hydrogens (tertiary/aromatic N) is 3. The lowest BCUT2D eigenvalue weighted by molar-refractivity contribution is 1.07. The van der Waals surface area contributed by atoms with E-state index in [2.05, 4.69) is 98.3 Å². The third kappa shape index (κ3) is 5.48. The van der Waals surface area contributed by atoms with Crippen LogP contribution >= 0.6 is 7.92 Å². The van der Waals surface area contributed by atoms with Crippen LogP contribution in [0, 0.1) is 0 Å². The van der Waals surface area contributed by atoms with E-state index in [9.17, 15) is 0 Å². The molecule has 0 fully saturated rings. The Kier molecular flexibility index (Phi) is 7.33. The van der Waals surface area contributed by atoms with Gasteiger partial charge in [-0.3, -0.25) is 0 Å². The molecular formula is C39H30N3P. The molecule has 206 valence electrons. The lowest BCUT2D eigenvalue weighted by atomic mass is 9.92. The van der Waals surface area contributed by atoms with E-state index in [-0.39, 0.29) is 7.92 Å². The summed E-state index contributed by atoms with van der Waals surface area (Å²) in [6, 6.07) is 51.0. The van der Waals surface area contributed by atoms with Crippen molar-refractivity contribution < 1.29 is 0 Å². The summed E-state index contributed by atoms with van der Waals surface area (Å²) in [6.45, 7) is 4.61. The maximum Gasteiger partial charge on any atom is 0.164 e. The molecule has 0 aliphatic carbocycles. The zero-order valence-electron chi connectivity index (χ0n) is 24.1. The second-order valence-electron chi connectivity index (χ2n) is 10.8. The summed E-state index contributed by atoms with van der Waals surface area (Å²) >= 11 is 0. The first-order valence-electron chi connectivity index (χ1n) is 14.4. The highest BCUT2D eigenvalue weighted by Crippen LogP contribution is 2.37. The lowest BCUT2D eigenvalue weighted by Gasteiger charge is -2.14. The number of benzene rings is 6. The van der Waals surface area contributed by atoms with Crippen molar-refractivity contribution in [1.29, 1.82) is 0 Å². The van der Waals surface area contributed by atoms with Crippen molar-refractivity contribution in [2.45, 2.75) is 0 Å². The average Bonchev–Trinajstić information content (AvgIpc) is 3.08. The van der Waals surface area contributed by atoms with Gasteiger partial charge < -0.3 is 0 Å². The molecule has 0 spiro atoms. The summed E-state index contributed by atoms with van der Waals surface area (Å²) in [5.41, 5.74) is 7.78. The second kappa shape index (κ2) is 11.7. The highest BCUT2D eigenvalue weighted by atomic mass is 31.1. The molecule has 7 rings (SSSR count). The first-order chi connectivity index (χ1) is 21.1. The molecular weight excluding hydrogens is 541 g/mol. The third-order valence-corrected chi connectivity index (χ3v) is 9.06. The Labute approximate surface area is 253 Å². The molecule has 1 heterocycles. The van der Waals surface area contributed by atoms with Crippen molar-refractivity contribution in [1.82, 2.24) is 15.0 Å². The number of rotatable bonds is 6. The van der Waals surface area contributed by atoms with Gasteiger partial charge >= 0.3 is 0 Å². The van der Waals surface area contributed by atoms with Gasteiger partial charge in [-0.25, -0.2) is 15.0 Å². The van der Waals surface area contributed by atoms with Gasteiger partial charge in [0, 0.05) is 16.7 Å². The van der Waals surface area contributed by atoms with Crippen LogP contribution in [0.4, 0.5) is 0 Å². The molecule has 0 amide bonds. The van der Waals surface area contributed by atoms with Crippen LogP contribution in [0.15, 0.2) is 146 Å². The molecule has 43 heavy (non-hydrogen) atoms. The fraction of sp³-hybridized carbons (Fsp3) is 0.0513. The summed E-state index contributed by atoms with van der Waals surface area (Å²) in [7, 11) is -0.155. The first kappa shape index (κ1) is 26.9. The average molecular weight is 572 g/mol. The van der Waals surface area contributed by atoms with Crippen LogP contribution in [0.25, 0.3) is 67.2 Å². The van der Waals surface area contributed by atoms with E-state index in [0.29, 0.717) is 17.5 Å². The number of fused-ring (bicyclic) bond motifs is 1. The Morgan fingerprint density at radius 2 is 0.791 bits per heavy atom. The topological polar surface area (TPSA) is 38.7 Å². The monoisotopic (exact) mass is 571 g/mol. The smallest absolute Gasteiger partial charge is 0.164 e. The van der Waals surface area contributed by atoms with Gasteiger partial charge in [-0.2, -0.15) is 0 Å². The predicted molar refractivity (Wildman–Crippen MR) is 183 cm³/mol. The molecule has 4 heteroatoms. The van der Waals surface area contributed by atoms with Gasteiger partial charge in [-0.1, -0.05) is 147 Å². The van der Waals surface area contributed by atoms with Gasteiger partial charge in [-0.15, -0.1) is 0 Å². The molecule has 1 aromatic heterocycles. The predicted octanol–water partition coefficient (Wildman–Crippen LogP) is 9.73. The Bertz CT molecular complexity index is 1980. The summed E-state index contributed by atoms with van der Waals surface area (Å²) in [6.07, 6.45) is 0. The first-order valence-corrected chi connectivity index (χ1v) is 16.6. The van der Waals surface area contributed by atoms with Gasteiger partial charge in [0.1, 0.15) is 0 Å². The fourth-order valence-corrected chi connectivity index (χ4v) is 6.27. The Hall–Kier alpha value is -4.98. The van der Waals surface area contributed by atoms with Gasteiger partial charge in [-0.05, 0) is 57.7 Å². The van der Waals surface area contributed by atoms with Crippen molar-refractivity contribution in [3.63, 3.8) is 0 Å². The van der Waals surface area contributed by atoms with Crippen LogP contribution in [0.2, 0.25) is 0 Å². The number of aromatic nitrogens is 3. The number of hydrogen-bond acceptors (Lipinski definition) is 3. The van der Waals surface area contributed by atoms with E-state index < -0.39 is 0 Å². The standard InChI is InChI=1S/C39H30N3P/c1-43(2)32-17-11-16-31(26-32)34-25-24-33(35-18-9-10-19-36(34)35)27-20-22-30(23-21-27)39-41-37(28-12-5-3-6-13-28)40-38(42-39)29-14-7-4-8-15-29/h3-26H,1-2H3. The minimum atomic E-state index is -0.155. The largest absolute Gasteiger partial charge is 0.208 e. The van der Waals surface area contributed by atoms with E-state index in [0.717, 1.165) is 22.3 Å². The minimum Gasteiger partial charge on any atom is -0.208 e. The molecule has 0 unspecified atom stereocenters. The maximum atomic E-state index is 4.90. The molecule has 0 saturated carbocycles. The van der Waals surface area contributed by atoms with Crippen LogP contribution in [0.5, 0.6) is 0 Å². The maximum absolute atomic E-state index is 4.90. The summed E-state index contributed by atoms with van der Waals surface area (Å²) in [5.74, 6) is 1.99. The summed E-state index contributed by atoms with van der Waals surface area (Å²) in [5, 5.41) is 3.92. The van der Waals surface area contributed by atoms with Gasteiger partial charge in [0.15, 0.2) is 17.5 Å². The van der Waals surface area contributed by atoms with Gasteiger partial charge in [0.25, 0.3) is 0 Å². The molecule has 0 radical (unpaired) electrons. The van der Waals surface area contributed by atoms with E-state index in [4.69, 9.17) is 15.0 Å². The third-order valence-electron chi connectivity index (χ3n) is 7.75. The van der Waals surface area contributed by atoms with Crippen LogP contribution in [-0.2, 0) is 0 Å². The van der Waals surface area contributed by atoms with Crippen LogP contribution in [-0.4, -0.2) is 28.3 Å². The Morgan fingerprint density at radius 1 is 0.372 bits per heavy atom.